The summed E-state index contributed by atoms with van der Waals surface area (Å²) in [6.45, 7) is 0. The Kier molecular flexibility index (Phi) is 5.43. The van der Waals surface area contributed by atoms with E-state index in [-0.39, 0.29) is 23.3 Å². The maximum Gasteiger partial charge on any atom is 0.454 e. The topological polar surface area (TPSA) is 74.6 Å². The lowest BCUT2D eigenvalue weighted by molar-refractivity contribution is -0.165. The number of allylic oxidation sites excluding steroid dienone is 2. The van der Waals surface area contributed by atoms with E-state index in [2.05, 4.69) is 0 Å². The maximum absolute atomic E-state index is 12.0. The molecule has 0 radical (unpaired) electrons. The van der Waals surface area contributed by atoms with Crippen LogP contribution in [0.2, 0.25) is 0 Å². The third kappa shape index (κ3) is 5.14. The van der Waals surface area contributed by atoms with Crippen LogP contribution in [0.25, 0.3) is 11.5 Å². The molecular formula is C14H8F6O4. The number of carbonyl (C=O) groups is 2. The number of aliphatic hydroxyl groups is 2. The predicted molar refractivity (Wildman–Crippen MR) is 69.8 cm³/mol. The van der Waals surface area contributed by atoms with Crippen molar-refractivity contribution >= 4 is 23.1 Å². The van der Waals surface area contributed by atoms with Crippen molar-refractivity contribution in [2.24, 2.45) is 0 Å². The zero-order valence-electron chi connectivity index (χ0n) is 11.4. The van der Waals surface area contributed by atoms with Crippen LogP contribution in [0.3, 0.4) is 0 Å². The van der Waals surface area contributed by atoms with Crippen LogP contribution < -0.4 is 0 Å². The standard InChI is InChI=1S/C14H8F6O4/c15-13(16,17)11(23)5-9(21)7-1-2-8(4-3-7)10(22)6-12(24)14(18,19)20/h1-6,21-22H. The first-order chi connectivity index (χ1) is 10.8. The number of hydrogen-bond donors (Lipinski definition) is 2. The maximum atomic E-state index is 12.0. The molecule has 0 saturated carbocycles. The summed E-state index contributed by atoms with van der Waals surface area (Å²) < 4.78 is 72.3. The highest BCUT2D eigenvalue weighted by atomic mass is 19.4. The molecule has 0 heterocycles. The number of halogens is 6. The van der Waals surface area contributed by atoms with Gasteiger partial charge in [0.2, 0.25) is 0 Å². The van der Waals surface area contributed by atoms with E-state index in [0.717, 1.165) is 24.3 Å². The van der Waals surface area contributed by atoms with Gasteiger partial charge in [-0.05, 0) is 0 Å². The Hall–Kier alpha value is -2.78. The minimum Gasteiger partial charge on any atom is -0.507 e. The number of ketones is 2. The summed E-state index contributed by atoms with van der Waals surface area (Å²) in [5, 5.41) is 18.8. The van der Waals surface area contributed by atoms with E-state index in [1.165, 1.54) is 0 Å². The van der Waals surface area contributed by atoms with Crippen molar-refractivity contribution in [3.8, 4) is 0 Å². The van der Waals surface area contributed by atoms with Gasteiger partial charge in [0.05, 0.1) is 0 Å². The van der Waals surface area contributed by atoms with Crippen LogP contribution in [0.5, 0.6) is 0 Å². The van der Waals surface area contributed by atoms with E-state index in [1.54, 1.807) is 0 Å². The summed E-state index contributed by atoms with van der Waals surface area (Å²) in [5.41, 5.74) is -0.516. The van der Waals surface area contributed by atoms with Crippen LogP contribution in [0.15, 0.2) is 36.4 Å². The molecule has 4 nitrogen and oxygen atoms in total. The molecule has 0 amide bonds. The molecular weight excluding hydrogens is 346 g/mol. The normalized spacial score (nSPS) is 13.8. The van der Waals surface area contributed by atoms with Gasteiger partial charge < -0.3 is 10.2 Å². The molecule has 130 valence electrons. The molecule has 0 aliphatic carbocycles. The molecule has 0 bridgehead atoms. The molecule has 10 heteroatoms. The molecule has 1 aromatic carbocycles. The smallest absolute Gasteiger partial charge is 0.454 e. The van der Waals surface area contributed by atoms with Crippen LogP contribution in [-0.2, 0) is 9.59 Å². The third-order valence-electron chi connectivity index (χ3n) is 2.57. The second-order valence-electron chi connectivity index (χ2n) is 4.36. The Morgan fingerprint density at radius 2 is 0.958 bits per heavy atom. The minimum atomic E-state index is -5.17. The average molecular weight is 354 g/mol. The molecule has 0 fully saturated rings. The van der Waals surface area contributed by atoms with E-state index in [9.17, 15) is 46.1 Å². The fourth-order valence-electron chi connectivity index (χ4n) is 1.39. The zero-order valence-corrected chi connectivity index (χ0v) is 11.4. The van der Waals surface area contributed by atoms with Crippen molar-refractivity contribution in [2.75, 3.05) is 0 Å². The van der Waals surface area contributed by atoms with Crippen molar-refractivity contribution in [1.82, 2.24) is 0 Å². The number of benzene rings is 1. The van der Waals surface area contributed by atoms with Crippen LogP contribution in [0.4, 0.5) is 26.3 Å². The van der Waals surface area contributed by atoms with Gasteiger partial charge in [0.1, 0.15) is 11.5 Å². The lowest BCUT2D eigenvalue weighted by atomic mass is 10.1. The highest BCUT2D eigenvalue weighted by Gasteiger charge is 2.37. The van der Waals surface area contributed by atoms with Gasteiger partial charge in [0.15, 0.2) is 0 Å². The molecule has 0 atom stereocenters. The molecule has 1 rings (SSSR count). The highest BCUT2D eigenvalue weighted by molar-refractivity contribution is 6.00. The molecule has 2 N–H and O–H groups in total. The van der Waals surface area contributed by atoms with Gasteiger partial charge in [-0.1, -0.05) is 24.3 Å². The number of aliphatic hydroxyl groups excluding tert-OH is 2. The van der Waals surface area contributed by atoms with Gasteiger partial charge in [-0.25, -0.2) is 0 Å². The van der Waals surface area contributed by atoms with Gasteiger partial charge in [-0.15, -0.1) is 0 Å². The van der Waals surface area contributed by atoms with Gasteiger partial charge in [-0.3, -0.25) is 9.59 Å². The largest absolute Gasteiger partial charge is 0.507 e. The van der Waals surface area contributed by atoms with Crippen LogP contribution in [0, 0.1) is 0 Å². The molecule has 0 aromatic heterocycles. The Balaban J connectivity index is 3.02. The van der Waals surface area contributed by atoms with Crippen LogP contribution >= 0.6 is 0 Å². The summed E-state index contributed by atoms with van der Waals surface area (Å²) in [7, 11) is 0. The first kappa shape index (κ1) is 19.3. The van der Waals surface area contributed by atoms with Gasteiger partial charge in [-0.2, -0.15) is 26.3 Å². The fraction of sp³-hybridized carbons (Fsp3) is 0.143. The number of alkyl halides is 6. The second kappa shape index (κ2) is 6.77. The highest BCUT2D eigenvalue weighted by Crippen LogP contribution is 2.22. The summed E-state index contributed by atoms with van der Waals surface area (Å²) in [6, 6.07) is 3.75. The van der Waals surface area contributed by atoms with Crippen molar-refractivity contribution in [1.29, 1.82) is 0 Å². The Bertz CT molecular complexity index is 634. The zero-order chi connectivity index (χ0) is 18.7. The Labute approximate surface area is 130 Å². The first-order valence-corrected chi connectivity index (χ1v) is 5.97. The number of hydrogen-bond acceptors (Lipinski definition) is 4. The van der Waals surface area contributed by atoms with Gasteiger partial charge in [0, 0.05) is 23.3 Å². The van der Waals surface area contributed by atoms with Crippen molar-refractivity contribution < 1.29 is 46.1 Å². The monoisotopic (exact) mass is 354 g/mol. The quantitative estimate of drug-likeness (QED) is 0.491. The number of rotatable bonds is 4. The predicted octanol–water partition coefficient (Wildman–Crippen LogP) is 3.75. The lowest BCUT2D eigenvalue weighted by Gasteiger charge is -2.05. The van der Waals surface area contributed by atoms with Crippen molar-refractivity contribution in [3.63, 3.8) is 0 Å². The molecule has 1 aromatic rings. The molecule has 0 aliphatic heterocycles. The second-order valence-corrected chi connectivity index (χ2v) is 4.36. The van der Waals surface area contributed by atoms with Gasteiger partial charge in [0.25, 0.3) is 11.6 Å². The third-order valence-corrected chi connectivity index (χ3v) is 2.57. The minimum absolute atomic E-state index is 0.0715. The van der Waals surface area contributed by atoms with Crippen molar-refractivity contribution in [2.45, 2.75) is 12.4 Å². The van der Waals surface area contributed by atoms with E-state index < -0.39 is 35.4 Å². The summed E-state index contributed by atoms with van der Waals surface area (Å²) in [4.78, 5) is 21.4. The first-order valence-electron chi connectivity index (χ1n) is 5.97. The summed E-state index contributed by atoms with van der Waals surface area (Å²) in [5.74, 6) is -6.66. The molecule has 0 aliphatic rings. The van der Waals surface area contributed by atoms with Crippen molar-refractivity contribution in [3.05, 3.63) is 47.5 Å². The number of carbonyl (C=O) groups excluding carboxylic acids is 2. The SMILES string of the molecule is O=C(C=C(O)c1ccc(C(O)=CC(=O)C(F)(F)F)cc1)C(F)(F)F. The Morgan fingerprint density at radius 3 is 1.17 bits per heavy atom. The van der Waals surface area contributed by atoms with E-state index in [1.807, 2.05) is 0 Å². The fourth-order valence-corrected chi connectivity index (χ4v) is 1.39. The summed E-state index contributed by atoms with van der Waals surface area (Å²) >= 11 is 0. The van der Waals surface area contributed by atoms with E-state index in [4.69, 9.17) is 0 Å². The van der Waals surface area contributed by atoms with E-state index in [0.29, 0.717) is 0 Å². The molecule has 0 spiro atoms. The summed E-state index contributed by atoms with van der Waals surface area (Å²) in [6.07, 6.45) is -10.5. The van der Waals surface area contributed by atoms with Crippen LogP contribution in [0.1, 0.15) is 11.1 Å². The Morgan fingerprint density at radius 1 is 0.708 bits per heavy atom. The lowest BCUT2D eigenvalue weighted by Crippen LogP contribution is -2.20. The molecule has 0 saturated heterocycles. The average Bonchev–Trinajstić information content (AvgIpc) is 2.45. The molecule has 0 unspecified atom stereocenters. The van der Waals surface area contributed by atoms with E-state index >= 15 is 0 Å². The van der Waals surface area contributed by atoms with Crippen LogP contribution in [-0.4, -0.2) is 34.1 Å². The molecule has 24 heavy (non-hydrogen) atoms. The van der Waals surface area contributed by atoms with Gasteiger partial charge >= 0.3 is 12.4 Å².